The number of carbonyl (C=O) groups excluding carboxylic acids is 8. The molecular formula is C38H58N11O12PS. The summed E-state index contributed by atoms with van der Waals surface area (Å²) in [5, 5.41) is 13.1. The molecule has 1 aliphatic rings. The van der Waals surface area contributed by atoms with E-state index in [0.717, 1.165) is 0 Å². The number of nitrogens with one attached hydrogen (secondary N) is 6. The van der Waals surface area contributed by atoms with Gasteiger partial charge in [0.1, 0.15) is 42.0 Å². The maximum Gasteiger partial charge on any atom is 0.524 e. The van der Waals surface area contributed by atoms with Gasteiger partial charge in [-0.05, 0) is 81.2 Å². The van der Waals surface area contributed by atoms with E-state index < -0.39 is 91.3 Å². The van der Waals surface area contributed by atoms with Crippen molar-refractivity contribution in [2.24, 2.45) is 17.2 Å². The van der Waals surface area contributed by atoms with Crippen LogP contribution in [0.15, 0.2) is 36.8 Å². The zero-order chi connectivity index (χ0) is 46.7. The fourth-order valence-electron chi connectivity index (χ4n) is 6.75. The van der Waals surface area contributed by atoms with E-state index in [4.69, 9.17) is 27.0 Å². The van der Waals surface area contributed by atoms with Crippen molar-refractivity contribution in [1.82, 2.24) is 41.5 Å². The summed E-state index contributed by atoms with van der Waals surface area (Å²) in [7, 11) is -4.82. The zero-order valence-corrected chi connectivity index (χ0v) is 36.8. The van der Waals surface area contributed by atoms with Crippen LogP contribution >= 0.6 is 19.6 Å². The summed E-state index contributed by atoms with van der Waals surface area (Å²) in [5.41, 5.74) is 17.7. The lowest BCUT2D eigenvalue weighted by Crippen LogP contribution is -2.59. The van der Waals surface area contributed by atoms with E-state index in [9.17, 15) is 42.9 Å². The van der Waals surface area contributed by atoms with Crippen molar-refractivity contribution in [3.63, 3.8) is 0 Å². The van der Waals surface area contributed by atoms with Gasteiger partial charge in [-0.3, -0.25) is 48.1 Å². The third-order valence-electron chi connectivity index (χ3n) is 9.88. The summed E-state index contributed by atoms with van der Waals surface area (Å²) in [6.45, 7) is 1.62. The Morgan fingerprint density at radius 3 is 2.08 bits per heavy atom. The van der Waals surface area contributed by atoms with Gasteiger partial charge >= 0.3 is 7.82 Å². The van der Waals surface area contributed by atoms with Gasteiger partial charge in [-0.1, -0.05) is 12.1 Å². The molecule has 1 aromatic heterocycles. The number of amides is 8. The summed E-state index contributed by atoms with van der Waals surface area (Å²) >= 11 is 1.39. The van der Waals surface area contributed by atoms with Crippen molar-refractivity contribution in [2.75, 3.05) is 25.1 Å². The topological polar surface area (TPSA) is 373 Å². The van der Waals surface area contributed by atoms with Gasteiger partial charge in [-0.2, -0.15) is 11.8 Å². The summed E-state index contributed by atoms with van der Waals surface area (Å²) in [6, 6.07) is -1.74. The first kappa shape index (κ1) is 51.8. The van der Waals surface area contributed by atoms with E-state index in [0.29, 0.717) is 42.8 Å². The molecule has 8 amide bonds. The van der Waals surface area contributed by atoms with E-state index in [2.05, 4.69) is 41.1 Å². The third kappa shape index (κ3) is 18.0. The minimum absolute atomic E-state index is 0.00200. The van der Waals surface area contributed by atoms with Crippen LogP contribution in [0.1, 0.15) is 69.5 Å². The number of phosphoric acid groups is 1. The van der Waals surface area contributed by atoms with E-state index in [1.54, 1.807) is 6.26 Å². The van der Waals surface area contributed by atoms with Gasteiger partial charge in [0, 0.05) is 44.6 Å². The van der Waals surface area contributed by atoms with E-state index in [1.807, 2.05) is 0 Å². The monoisotopic (exact) mass is 923 g/mol. The Kier molecular flexibility index (Phi) is 21.0. The second kappa shape index (κ2) is 25.5. The van der Waals surface area contributed by atoms with Crippen LogP contribution < -0.4 is 48.3 Å². The highest BCUT2D eigenvalue weighted by atomic mass is 32.2. The highest BCUT2D eigenvalue weighted by Gasteiger charge is 2.40. The van der Waals surface area contributed by atoms with Gasteiger partial charge in [0.05, 0.1) is 6.33 Å². The molecule has 1 aromatic carbocycles. The van der Waals surface area contributed by atoms with Crippen LogP contribution in [0.3, 0.4) is 0 Å². The number of nitrogens with two attached hydrogens (primary N) is 3. The predicted octanol–water partition coefficient (Wildman–Crippen LogP) is -2.27. The Balaban J connectivity index is 1.80. The number of aromatic nitrogens is 2. The fourth-order valence-corrected chi connectivity index (χ4v) is 7.62. The van der Waals surface area contributed by atoms with Crippen molar-refractivity contribution in [2.45, 2.75) is 107 Å². The Bertz CT molecular complexity index is 1940. The Labute approximate surface area is 368 Å². The Morgan fingerprint density at radius 2 is 1.51 bits per heavy atom. The number of imidazole rings is 1. The number of likely N-dealkylation sites (tertiary alicyclic amines) is 1. The number of hydrogen-bond acceptors (Lipinski definition) is 13. The van der Waals surface area contributed by atoms with Gasteiger partial charge in [0.15, 0.2) is 0 Å². The molecule has 2 aromatic rings. The smallest absolute Gasteiger partial charge is 0.404 e. The fraction of sp³-hybridized carbons (Fsp3) is 0.553. The highest BCUT2D eigenvalue weighted by molar-refractivity contribution is 7.98. The Hall–Kier alpha value is -5.55. The molecule has 6 atom stereocenters. The molecule has 25 heteroatoms. The molecule has 23 nitrogen and oxygen atoms in total. The quantitative estimate of drug-likeness (QED) is 0.0333. The minimum Gasteiger partial charge on any atom is -0.404 e. The van der Waals surface area contributed by atoms with E-state index in [-0.39, 0.29) is 57.2 Å². The molecule has 1 fully saturated rings. The molecule has 63 heavy (non-hydrogen) atoms. The number of nitrogens with zero attached hydrogens (tertiary/aromatic N) is 2. The number of carbonyl (C=O) groups is 8. The summed E-state index contributed by atoms with van der Waals surface area (Å²) in [4.78, 5) is 132. The highest BCUT2D eigenvalue weighted by Crippen LogP contribution is 2.37. The van der Waals surface area contributed by atoms with Gasteiger partial charge in [-0.25, -0.2) is 9.55 Å². The molecular weight excluding hydrogens is 866 g/mol. The molecule has 0 unspecified atom stereocenters. The van der Waals surface area contributed by atoms with Crippen LogP contribution in [0.4, 0.5) is 0 Å². The van der Waals surface area contributed by atoms with Crippen LogP contribution in [-0.4, -0.2) is 133 Å². The number of rotatable bonds is 27. The number of unbranched alkanes of at least 4 members (excludes halogenated alkanes) is 1. The number of primary amides is 2. The number of benzene rings is 1. The molecule has 348 valence electrons. The van der Waals surface area contributed by atoms with Crippen LogP contribution in [0.2, 0.25) is 0 Å². The van der Waals surface area contributed by atoms with E-state index >= 15 is 0 Å². The second-order valence-corrected chi connectivity index (χ2v) is 17.0. The molecule has 0 saturated carbocycles. The van der Waals surface area contributed by atoms with E-state index in [1.165, 1.54) is 60.4 Å². The van der Waals surface area contributed by atoms with Crippen LogP contribution in [0.5, 0.6) is 5.75 Å². The van der Waals surface area contributed by atoms with Crippen molar-refractivity contribution in [1.29, 1.82) is 0 Å². The SMILES string of the molecule is CSCC[C@H](NC(=O)[C@H](CCC(N)=O)NC(=O)[C@H]1CCCN1C(=O)[C@H](CCCCN)NC(=O)[C@H](Cc1ccc(OP(=O)(O)O)cc1)NC(C)=O)C(=O)N[C@@H](Cc1cnc[nH]1)C(N)=O. The normalized spacial score (nSPS) is 16.1. The third-order valence-corrected chi connectivity index (χ3v) is 11.0. The van der Waals surface area contributed by atoms with Crippen LogP contribution in [0, 0.1) is 0 Å². The first-order valence-corrected chi connectivity index (χ1v) is 23.1. The summed E-state index contributed by atoms with van der Waals surface area (Å²) in [5.74, 6) is -5.47. The number of hydrogen-bond donors (Lipinski definition) is 11. The zero-order valence-electron chi connectivity index (χ0n) is 35.1. The lowest BCUT2D eigenvalue weighted by atomic mass is 10.0. The molecule has 0 aliphatic carbocycles. The molecule has 1 saturated heterocycles. The van der Waals surface area contributed by atoms with Gasteiger partial charge in [-0.15, -0.1) is 0 Å². The van der Waals surface area contributed by atoms with Crippen LogP contribution in [0.25, 0.3) is 0 Å². The average Bonchev–Trinajstić information content (AvgIpc) is 3.93. The average molecular weight is 924 g/mol. The molecule has 0 bridgehead atoms. The number of aromatic amines is 1. The van der Waals surface area contributed by atoms with Gasteiger partial charge in [0.2, 0.25) is 47.3 Å². The second-order valence-electron chi connectivity index (χ2n) is 14.9. The molecule has 1 aliphatic heterocycles. The lowest BCUT2D eigenvalue weighted by molar-refractivity contribution is -0.142. The predicted molar refractivity (Wildman–Crippen MR) is 229 cm³/mol. The van der Waals surface area contributed by atoms with Crippen molar-refractivity contribution < 1.29 is 57.2 Å². The molecule has 0 spiro atoms. The minimum atomic E-state index is -4.82. The molecule has 14 N–H and O–H groups in total. The maximum atomic E-state index is 14.2. The number of phosphoric ester groups is 1. The number of H-pyrrole nitrogens is 1. The van der Waals surface area contributed by atoms with Crippen molar-refractivity contribution in [3.05, 3.63) is 48.0 Å². The first-order chi connectivity index (χ1) is 29.8. The molecule has 3 rings (SSSR count). The van der Waals surface area contributed by atoms with Gasteiger partial charge < -0.3 is 58.2 Å². The first-order valence-electron chi connectivity index (χ1n) is 20.2. The van der Waals surface area contributed by atoms with Crippen molar-refractivity contribution in [3.8, 4) is 5.75 Å². The summed E-state index contributed by atoms with van der Waals surface area (Å²) in [6.07, 6.45) is 5.72. The maximum absolute atomic E-state index is 14.2. The summed E-state index contributed by atoms with van der Waals surface area (Å²) < 4.78 is 15.8. The van der Waals surface area contributed by atoms with Gasteiger partial charge in [0.25, 0.3) is 0 Å². The van der Waals surface area contributed by atoms with Crippen LogP contribution in [-0.2, 0) is 55.8 Å². The lowest BCUT2D eigenvalue weighted by Gasteiger charge is -2.31. The standard InChI is InChI=1S/C38H58N11O12PS/c1-22(50)44-30(18-23-8-10-25(11-9-23)61-62(58,59)60)36(55)47-28(6-3-4-15-39)38(57)49-16-5-7-31(49)37(56)46-26(12-13-32(40)51)34(53)45-27(14-17-63-2)35(54)48-29(33(41)52)19-24-20-42-21-43-24/h8-11,20-21,26-31H,3-7,12-19,39H2,1-2H3,(H2,40,51)(H2,41,52)(H,42,43)(H,44,50)(H,45,53)(H,46,56)(H,47,55)(H,48,54)(H2,58,59,60)/t26-,27-,28-,29-,30-,31+/m0/s1. The number of thioether (sulfide) groups is 1. The largest absolute Gasteiger partial charge is 0.524 e. The Morgan fingerprint density at radius 1 is 0.873 bits per heavy atom. The van der Waals surface area contributed by atoms with Crippen molar-refractivity contribution >= 4 is 66.8 Å². The molecule has 2 heterocycles. The molecule has 0 radical (unpaired) electrons.